The van der Waals surface area contributed by atoms with Crippen LogP contribution in [0.3, 0.4) is 0 Å². The third kappa shape index (κ3) is 6.35. The third-order valence-corrected chi connectivity index (χ3v) is 7.29. The Bertz CT molecular complexity index is 1170. The number of benzene rings is 1. The summed E-state index contributed by atoms with van der Waals surface area (Å²) in [5, 5.41) is 3.37. The van der Waals surface area contributed by atoms with Crippen LogP contribution in [0.4, 0.5) is 28.8 Å². The number of hydrogen-bond donors (Lipinski definition) is 1. The Kier molecular flexibility index (Phi) is 9.11. The number of fused-ring (bicyclic) bond motifs is 1. The molecule has 212 valence electrons. The summed E-state index contributed by atoms with van der Waals surface area (Å²) in [5.74, 6) is 1.45. The van der Waals surface area contributed by atoms with Gasteiger partial charge in [0, 0.05) is 51.9 Å². The number of carbonyl (C=O) groups is 2. The molecule has 39 heavy (non-hydrogen) atoms. The Morgan fingerprint density at radius 3 is 2.54 bits per heavy atom. The molecule has 0 bridgehead atoms. The van der Waals surface area contributed by atoms with Gasteiger partial charge in [0.25, 0.3) is 0 Å². The van der Waals surface area contributed by atoms with Gasteiger partial charge in [0.2, 0.25) is 11.9 Å². The van der Waals surface area contributed by atoms with Crippen molar-refractivity contribution in [1.29, 1.82) is 0 Å². The van der Waals surface area contributed by atoms with Crippen LogP contribution in [-0.2, 0) is 14.3 Å². The van der Waals surface area contributed by atoms with Crippen LogP contribution >= 0.6 is 0 Å². The molecule has 1 fully saturated rings. The number of esters is 1. The van der Waals surface area contributed by atoms with Crippen molar-refractivity contribution in [1.82, 2.24) is 14.9 Å². The van der Waals surface area contributed by atoms with Gasteiger partial charge >= 0.3 is 5.97 Å². The van der Waals surface area contributed by atoms with Gasteiger partial charge in [0.05, 0.1) is 11.9 Å². The van der Waals surface area contributed by atoms with E-state index in [9.17, 15) is 9.59 Å². The standard InChI is InChI=1S/C28H41N7O4/c1-7-23-27(37)32(6)24-18-29-28(31-26(24)35(23)19(3)4)30-22-17-21(34-13-11-33(8-2)12-14-34)9-10-25(22)39-16-15-38-20(5)36/h9-10,17-19,23H,7-8,11-16H2,1-6H3,(H,29,30,31)/t23-/m1/s1. The maximum absolute atomic E-state index is 13.0. The predicted octanol–water partition coefficient (Wildman–Crippen LogP) is 3.27. The lowest BCUT2D eigenvalue weighted by atomic mass is 10.1. The highest BCUT2D eigenvalue weighted by Crippen LogP contribution is 2.38. The van der Waals surface area contributed by atoms with Crippen molar-refractivity contribution in [2.75, 3.05) is 73.0 Å². The number of piperazine rings is 1. The number of nitrogens with one attached hydrogen (secondary N) is 1. The molecule has 11 nitrogen and oxygen atoms in total. The largest absolute Gasteiger partial charge is 0.488 e. The summed E-state index contributed by atoms with van der Waals surface area (Å²) in [4.78, 5) is 42.1. The van der Waals surface area contributed by atoms with E-state index >= 15 is 0 Å². The molecule has 1 N–H and O–H groups in total. The lowest BCUT2D eigenvalue weighted by molar-refractivity contribution is -0.141. The summed E-state index contributed by atoms with van der Waals surface area (Å²) >= 11 is 0. The average Bonchev–Trinajstić information content (AvgIpc) is 2.93. The average molecular weight is 540 g/mol. The minimum absolute atomic E-state index is 0.0438. The molecule has 2 aromatic rings. The van der Waals surface area contributed by atoms with E-state index in [-0.39, 0.29) is 37.2 Å². The summed E-state index contributed by atoms with van der Waals surface area (Å²) in [6.07, 6.45) is 2.38. The molecule has 11 heteroatoms. The van der Waals surface area contributed by atoms with Crippen molar-refractivity contribution >= 4 is 40.7 Å². The van der Waals surface area contributed by atoms with Gasteiger partial charge in [-0.1, -0.05) is 13.8 Å². The fraction of sp³-hybridized carbons (Fsp3) is 0.571. The zero-order chi connectivity index (χ0) is 28.1. The number of likely N-dealkylation sites (N-methyl/N-ethyl adjacent to an activating group) is 2. The molecule has 1 saturated heterocycles. The van der Waals surface area contributed by atoms with E-state index in [1.54, 1.807) is 18.1 Å². The first kappa shape index (κ1) is 28.4. The van der Waals surface area contributed by atoms with Crippen molar-refractivity contribution in [2.24, 2.45) is 0 Å². The molecule has 3 heterocycles. The van der Waals surface area contributed by atoms with Crippen LogP contribution in [0.15, 0.2) is 24.4 Å². The van der Waals surface area contributed by atoms with Crippen molar-refractivity contribution < 1.29 is 19.1 Å². The van der Waals surface area contributed by atoms with Gasteiger partial charge in [-0.15, -0.1) is 0 Å². The molecular formula is C28H41N7O4. The van der Waals surface area contributed by atoms with Crippen LogP contribution in [0.25, 0.3) is 0 Å². The summed E-state index contributed by atoms with van der Waals surface area (Å²) in [6, 6.07) is 5.83. The summed E-state index contributed by atoms with van der Waals surface area (Å²) in [7, 11) is 1.77. The number of anilines is 5. The highest BCUT2D eigenvalue weighted by Gasteiger charge is 2.38. The minimum Gasteiger partial charge on any atom is -0.488 e. The highest BCUT2D eigenvalue weighted by atomic mass is 16.6. The van der Waals surface area contributed by atoms with Crippen molar-refractivity contribution in [3.05, 3.63) is 24.4 Å². The Labute approximate surface area is 231 Å². The Balaban J connectivity index is 1.64. The van der Waals surface area contributed by atoms with Crippen LogP contribution < -0.4 is 24.8 Å². The highest BCUT2D eigenvalue weighted by molar-refractivity contribution is 6.04. The van der Waals surface area contributed by atoms with Gasteiger partial charge in [0.1, 0.15) is 30.7 Å². The number of aromatic nitrogens is 2. The summed E-state index contributed by atoms with van der Waals surface area (Å²) in [6.45, 7) is 15.1. The quantitative estimate of drug-likeness (QED) is 0.357. The number of rotatable bonds is 10. The Morgan fingerprint density at radius 2 is 1.90 bits per heavy atom. The first-order chi connectivity index (χ1) is 18.7. The fourth-order valence-electron chi connectivity index (χ4n) is 5.16. The second kappa shape index (κ2) is 12.5. The van der Waals surface area contributed by atoms with Gasteiger partial charge in [-0.3, -0.25) is 9.59 Å². The molecule has 0 saturated carbocycles. The molecule has 2 aliphatic rings. The smallest absolute Gasteiger partial charge is 0.302 e. The van der Waals surface area contributed by atoms with E-state index in [1.165, 1.54) is 6.92 Å². The number of amides is 1. The van der Waals surface area contributed by atoms with E-state index in [2.05, 4.69) is 57.9 Å². The van der Waals surface area contributed by atoms with Crippen LogP contribution in [0.1, 0.15) is 41.0 Å². The second-order valence-electron chi connectivity index (χ2n) is 10.1. The van der Waals surface area contributed by atoms with Gasteiger partial charge < -0.3 is 34.4 Å². The SMILES string of the molecule is CC[C@@H]1C(=O)N(C)c2cnc(Nc3cc(N4CCN(CC)CC4)ccc3OCCOC(C)=O)nc2N1C(C)C. The number of carbonyl (C=O) groups excluding carboxylic acids is 2. The van der Waals surface area contributed by atoms with Gasteiger partial charge in [-0.2, -0.15) is 4.98 Å². The molecule has 1 amide bonds. The third-order valence-electron chi connectivity index (χ3n) is 7.29. The van der Waals surface area contributed by atoms with E-state index in [0.29, 0.717) is 23.8 Å². The normalized spacial score (nSPS) is 17.9. The molecule has 0 aliphatic carbocycles. The Hall–Kier alpha value is -3.60. The van der Waals surface area contributed by atoms with Crippen molar-refractivity contribution in [2.45, 2.75) is 53.1 Å². The lowest BCUT2D eigenvalue weighted by Gasteiger charge is -2.42. The van der Waals surface area contributed by atoms with Gasteiger partial charge in [0.15, 0.2) is 5.82 Å². The van der Waals surface area contributed by atoms with E-state index in [4.69, 9.17) is 14.5 Å². The first-order valence-corrected chi connectivity index (χ1v) is 13.8. The number of hydrogen-bond acceptors (Lipinski definition) is 10. The summed E-state index contributed by atoms with van der Waals surface area (Å²) in [5.41, 5.74) is 2.49. The topological polar surface area (TPSA) is 103 Å². The molecule has 0 radical (unpaired) electrons. The zero-order valence-corrected chi connectivity index (χ0v) is 23.9. The molecule has 0 spiro atoms. The fourth-order valence-corrected chi connectivity index (χ4v) is 5.16. The molecular weight excluding hydrogens is 498 g/mol. The summed E-state index contributed by atoms with van der Waals surface area (Å²) < 4.78 is 11.0. The molecule has 0 unspecified atom stereocenters. The van der Waals surface area contributed by atoms with Crippen LogP contribution in [0.2, 0.25) is 0 Å². The zero-order valence-electron chi connectivity index (χ0n) is 23.9. The Morgan fingerprint density at radius 1 is 1.15 bits per heavy atom. The number of ether oxygens (including phenoxy) is 2. The first-order valence-electron chi connectivity index (χ1n) is 13.8. The van der Waals surface area contributed by atoms with E-state index in [0.717, 1.165) is 49.9 Å². The second-order valence-corrected chi connectivity index (χ2v) is 10.1. The monoisotopic (exact) mass is 539 g/mol. The van der Waals surface area contributed by atoms with Crippen molar-refractivity contribution in [3.8, 4) is 5.75 Å². The van der Waals surface area contributed by atoms with Gasteiger partial charge in [-0.25, -0.2) is 4.98 Å². The van der Waals surface area contributed by atoms with E-state index in [1.807, 2.05) is 13.0 Å². The molecule has 1 aromatic heterocycles. The molecule has 2 aliphatic heterocycles. The molecule has 4 rings (SSSR count). The van der Waals surface area contributed by atoms with Crippen LogP contribution in [0.5, 0.6) is 5.75 Å². The molecule has 1 atom stereocenters. The maximum atomic E-state index is 13.0. The van der Waals surface area contributed by atoms with E-state index < -0.39 is 0 Å². The number of nitrogens with zero attached hydrogens (tertiary/aromatic N) is 6. The maximum Gasteiger partial charge on any atom is 0.302 e. The van der Waals surface area contributed by atoms with Gasteiger partial charge in [-0.05, 0) is 45.0 Å². The minimum atomic E-state index is -0.343. The van der Waals surface area contributed by atoms with Crippen LogP contribution in [0, 0.1) is 0 Å². The molecule has 1 aromatic carbocycles. The van der Waals surface area contributed by atoms with Crippen LogP contribution in [-0.4, -0.2) is 91.8 Å². The van der Waals surface area contributed by atoms with Crippen molar-refractivity contribution in [3.63, 3.8) is 0 Å². The predicted molar refractivity (Wildman–Crippen MR) is 153 cm³/mol. The lowest BCUT2D eigenvalue weighted by Crippen LogP contribution is -2.54.